The Labute approximate surface area is 104 Å². The number of hydrogen-bond acceptors (Lipinski definition) is 7. The first-order valence-electron chi connectivity index (χ1n) is 5.68. The molecule has 0 radical (unpaired) electrons. The van der Waals surface area contributed by atoms with Gasteiger partial charge >= 0.3 is 5.69 Å². The van der Waals surface area contributed by atoms with Gasteiger partial charge in [-0.25, -0.2) is 4.98 Å². The van der Waals surface area contributed by atoms with Crippen LogP contribution in [0.25, 0.3) is 0 Å². The fraction of sp³-hybridized carbons (Fsp3) is 0.600. The molecule has 8 nitrogen and oxygen atoms in total. The monoisotopic (exact) mass is 256 g/mol. The van der Waals surface area contributed by atoms with Gasteiger partial charge in [0.2, 0.25) is 5.95 Å². The van der Waals surface area contributed by atoms with Gasteiger partial charge in [-0.3, -0.25) is 10.1 Å². The van der Waals surface area contributed by atoms with E-state index in [-0.39, 0.29) is 24.8 Å². The van der Waals surface area contributed by atoms with Crippen LogP contribution in [-0.2, 0) is 0 Å². The molecule has 1 rings (SSSR count). The average Bonchev–Trinajstić information content (AvgIpc) is 2.36. The van der Waals surface area contributed by atoms with Crippen LogP contribution in [0.1, 0.15) is 19.8 Å². The molecule has 1 heterocycles. The fourth-order valence-corrected chi connectivity index (χ4v) is 1.15. The van der Waals surface area contributed by atoms with Crippen molar-refractivity contribution in [3.05, 3.63) is 16.3 Å². The molecule has 0 aromatic carbocycles. The van der Waals surface area contributed by atoms with Gasteiger partial charge < -0.3 is 15.2 Å². The van der Waals surface area contributed by atoms with E-state index in [2.05, 4.69) is 15.3 Å². The van der Waals surface area contributed by atoms with Gasteiger partial charge in [0.05, 0.1) is 11.5 Å². The van der Waals surface area contributed by atoms with E-state index in [1.807, 2.05) is 6.92 Å². The summed E-state index contributed by atoms with van der Waals surface area (Å²) < 4.78 is 5.17. The molecule has 0 aliphatic rings. The first-order chi connectivity index (χ1) is 8.69. The Morgan fingerprint density at radius 3 is 3.00 bits per heavy atom. The van der Waals surface area contributed by atoms with Crippen LogP contribution in [0.15, 0.2) is 6.20 Å². The summed E-state index contributed by atoms with van der Waals surface area (Å²) in [6, 6.07) is 0. The number of nitrogens with zero attached hydrogens (tertiary/aromatic N) is 3. The zero-order valence-electron chi connectivity index (χ0n) is 10.1. The first-order valence-corrected chi connectivity index (χ1v) is 5.68. The number of nitro groups is 1. The summed E-state index contributed by atoms with van der Waals surface area (Å²) in [6.45, 7) is 2.78. The maximum absolute atomic E-state index is 10.8. The molecule has 0 atom stereocenters. The second kappa shape index (κ2) is 7.38. The Kier molecular flexibility index (Phi) is 5.78. The van der Waals surface area contributed by atoms with Crippen molar-refractivity contribution in [2.75, 3.05) is 25.1 Å². The Balaban J connectivity index is 2.82. The van der Waals surface area contributed by atoms with Crippen LogP contribution in [0, 0.1) is 10.1 Å². The van der Waals surface area contributed by atoms with E-state index in [1.54, 1.807) is 0 Å². The molecule has 0 saturated heterocycles. The highest BCUT2D eigenvalue weighted by Crippen LogP contribution is 2.24. The highest BCUT2D eigenvalue weighted by atomic mass is 16.6. The van der Waals surface area contributed by atoms with Gasteiger partial charge in [0, 0.05) is 19.6 Å². The van der Waals surface area contributed by atoms with Gasteiger partial charge in [-0.1, -0.05) is 6.92 Å². The largest absolute Gasteiger partial charge is 0.473 e. The average molecular weight is 256 g/mol. The fourth-order valence-electron chi connectivity index (χ4n) is 1.15. The van der Waals surface area contributed by atoms with Crippen LogP contribution in [-0.4, -0.2) is 39.8 Å². The van der Waals surface area contributed by atoms with E-state index < -0.39 is 4.92 Å². The number of aliphatic hydroxyl groups is 1. The number of rotatable bonds is 8. The SMILES string of the molecule is CCCNc1ncc([N+](=O)[O-])c(OCCCO)n1. The molecule has 0 bridgehead atoms. The molecule has 0 aliphatic carbocycles. The maximum Gasteiger partial charge on any atom is 0.349 e. The Bertz CT molecular complexity index is 399. The molecule has 2 N–H and O–H groups in total. The summed E-state index contributed by atoms with van der Waals surface area (Å²) in [5, 5.41) is 22.3. The highest BCUT2D eigenvalue weighted by Gasteiger charge is 2.18. The van der Waals surface area contributed by atoms with E-state index in [1.165, 1.54) is 0 Å². The second-order valence-corrected chi connectivity index (χ2v) is 3.49. The highest BCUT2D eigenvalue weighted by molar-refractivity contribution is 5.43. The lowest BCUT2D eigenvalue weighted by Crippen LogP contribution is -2.09. The standard InChI is InChI=1S/C10H16N4O4/c1-2-4-11-10-12-7-8(14(16)17)9(13-10)18-6-3-5-15/h7,15H,2-6H2,1H3,(H,11,12,13). The summed E-state index contributed by atoms with van der Waals surface area (Å²) in [7, 11) is 0. The lowest BCUT2D eigenvalue weighted by atomic mass is 10.4. The third-order valence-electron chi connectivity index (χ3n) is 2.01. The molecule has 0 amide bonds. The number of anilines is 1. The van der Waals surface area contributed by atoms with E-state index in [0.717, 1.165) is 12.6 Å². The van der Waals surface area contributed by atoms with Crippen molar-refractivity contribution in [1.82, 2.24) is 9.97 Å². The molecule has 100 valence electrons. The van der Waals surface area contributed by atoms with Gasteiger partial charge in [0.1, 0.15) is 6.20 Å². The van der Waals surface area contributed by atoms with Crippen LogP contribution in [0.5, 0.6) is 5.88 Å². The van der Waals surface area contributed by atoms with E-state index >= 15 is 0 Å². The summed E-state index contributed by atoms with van der Waals surface area (Å²) in [5.41, 5.74) is -0.282. The molecular weight excluding hydrogens is 240 g/mol. The van der Waals surface area contributed by atoms with Crippen LogP contribution >= 0.6 is 0 Å². The lowest BCUT2D eigenvalue weighted by Gasteiger charge is -2.07. The predicted octanol–water partition coefficient (Wildman–Crippen LogP) is 0.968. The van der Waals surface area contributed by atoms with Crippen molar-refractivity contribution in [2.45, 2.75) is 19.8 Å². The molecular formula is C10H16N4O4. The zero-order chi connectivity index (χ0) is 13.4. The summed E-state index contributed by atoms with van der Waals surface area (Å²) in [6.07, 6.45) is 2.39. The van der Waals surface area contributed by atoms with Crippen molar-refractivity contribution in [1.29, 1.82) is 0 Å². The molecule has 0 spiro atoms. The molecule has 1 aromatic heterocycles. The van der Waals surface area contributed by atoms with Crippen LogP contribution in [0.2, 0.25) is 0 Å². The van der Waals surface area contributed by atoms with Crippen molar-refractivity contribution >= 4 is 11.6 Å². The van der Waals surface area contributed by atoms with E-state index in [9.17, 15) is 10.1 Å². The van der Waals surface area contributed by atoms with Gasteiger partial charge in [0.15, 0.2) is 0 Å². The Morgan fingerprint density at radius 1 is 1.61 bits per heavy atom. The van der Waals surface area contributed by atoms with Gasteiger partial charge in [-0.2, -0.15) is 4.98 Å². The number of ether oxygens (including phenoxy) is 1. The minimum Gasteiger partial charge on any atom is -0.473 e. The van der Waals surface area contributed by atoms with Gasteiger partial charge in [-0.15, -0.1) is 0 Å². The van der Waals surface area contributed by atoms with E-state index in [4.69, 9.17) is 9.84 Å². The van der Waals surface area contributed by atoms with Crippen LogP contribution in [0.3, 0.4) is 0 Å². The molecule has 0 aliphatic heterocycles. The van der Waals surface area contributed by atoms with Crippen LogP contribution < -0.4 is 10.1 Å². The molecule has 0 saturated carbocycles. The quantitative estimate of drug-likeness (QED) is 0.405. The Morgan fingerprint density at radius 2 is 2.39 bits per heavy atom. The third kappa shape index (κ3) is 4.13. The minimum atomic E-state index is -0.599. The van der Waals surface area contributed by atoms with Crippen LogP contribution in [0.4, 0.5) is 11.6 Å². The molecule has 8 heteroatoms. The molecule has 18 heavy (non-hydrogen) atoms. The maximum atomic E-state index is 10.8. The summed E-state index contributed by atoms with van der Waals surface area (Å²) in [4.78, 5) is 17.9. The second-order valence-electron chi connectivity index (χ2n) is 3.49. The Hall–Kier alpha value is -1.96. The smallest absolute Gasteiger partial charge is 0.349 e. The van der Waals surface area contributed by atoms with Gasteiger partial charge in [0.25, 0.3) is 5.88 Å². The number of aliphatic hydroxyl groups excluding tert-OH is 1. The predicted molar refractivity (Wildman–Crippen MR) is 64.7 cm³/mol. The van der Waals surface area contributed by atoms with Crippen molar-refractivity contribution in [3.8, 4) is 5.88 Å². The van der Waals surface area contributed by atoms with Crippen molar-refractivity contribution in [2.24, 2.45) is 0 Å². The van der Waals surface area contributed by atoms with Gasteiger partial charge in [-0.05, 0) is 6.42 Å². The van der Waals surface area contributed by atoms with E-state index in [0.29, 0.717) is 18.9 Å². The normalized spacial score (nSPS) is 10.1. The lowest BCUT2D eigenvalue weighted by molar-refractivity contribution is -0.386. The zero-order valence-corrected chi connectivity index (χ0v) is 10.1. The summed E-state index contributed by atoms with van der Waals surface area (Å²) in [5.74, 6) is 0.212. The number of hydrogen-bond donors (Lipinski definition) is 2. The molecule has 0 unspecified atom stereocenters. The molecule has 0 fully saturated rings. The topological polar surface area (TPSA) is 110 Å². The van der Waals surface area contributed by atoms with Crippen molar-refractivity contribution in [3.63, 3.8) is 0 Å². The summed E-state index contributed by atoms with van der Waals surface area (Å²) >= 11 is 0. The first kappa shape index (κ1) is 14.1. The third-order valence-corrected chi connectivity index (χ3v) is 2.01. The van der Waals surface area contributed by atoms with Crippen molar-refractivity contribution < 1.29 is 14.8 Å². The molecule has 1 aromatic rings. The minimum absolute atomic E-state index is 0.0418. The number of nitrogens with one attached hydrogen (secondary N) is 1. The number of aromatic nitrogens is 2.